The fourth-order valence-electron chi connectivity index (χ4n) is 2.91. The van der Waals surface area contributed by atoms with Crippen LogP contribution in [0.15, 0.2) is 55.1 Å². The van der Waals surface area contributed by atoms with Gasteiger partial charge in [0.25, 0.3) is 5.91 Å². The number of hydrogen-bond acceptors (Lipinski definition) is 5. The molecule has 1 aliphatic heterocycles. The highest BCUT2D eigenvalue weighted by Crippen LogP contribution is 2.33. The van der Waals surface area contributed by atoms with Crippen LogP contribution in [0.5, 0.6) is 5.75 Å². The highest BCUT2D eigenvalue weighted by molar-refractivity contribution is 7.85. The average molecular weight is 413 g/mol. The smallest absolute Gasteiger partial charge is 0.335 e. The van der Waals surface area contributed by atoms with E-state index in [1.165, 1.54) is 17.0 Å². The highest BCUT2D eigenvalue weighted by atomic mass is 32.2. The maximum Gasteiger partial charge on any atom is 0.335 e. The number of ketones is 1. The predicted octanol–water partition coefficient (Wildman–Crippen LogP) is 2.43. The van der Waals surface area contributed by atoms with E-state index in [0.29, 0.717) is 29.1 Å². The van der Waals surface area contributed by atoms with Crippen LogP contribution in [0.3, 0.4) is 0 Å². The second-order valence-corrected chi connectivity index (χ2v) is 7.87. The standard InChI is InChI=1S/C21H19NO6S/c1-2-9-22-17-10-16(7-8-19(17)28-11-20(22)24)18(23)13-29(27)12-14-3-5-15(6-4-14)21(25)26/h2-8,10H,1,9,11-13H2,(H,25,26). The number of amides is 1. The van der Waals surface area contributed by atoms with Crippen molar-refractivity contribution in [1.29, 1.82) is 0 Å². The summed E-state index contributed by atoms with van der Waals surface area (Å²) >= 11 is 0. The number of benzene rings is 2. The molecule has 0 aliphatic carbocycles. The molecule has 2 aromatic rings. The number of carboxylic acids is 1. The van der Waals surface area contributed by atoms with Crippen LogP contribution in [-0.4, -0.2) is 45.9 Å². The molecular formula is C21H19NO6S. The van der Waals surface area contributed by atoms with Crippen molar-refractivity contribution in [2.24, 2.45) is 0 Å². The normalized spacial score (nSPS) is 13.9. The van der Waals surface area contributed by atoms with E-state index in [-0.39, 0.29) is 35.4 Å². The quantitative estimate of drug-likeness (QED) is 0.527. The molecule has 0 saturated carbocycles. The zero-order valence-electron chi connectivity index (χ0n) is 15.5. The lowest BCUT2D eigenvalue weighted by Gasteiger charge is -2.28. The number of carboxylic acid groups (broad SMARTS) is 1. The molecule has 0 radical (unpaired) electrons. The number of fused-ring (bicyclic) bond motifs is 1. The Hall–Kier alpha value is -3.26. The fraction of sp³-hybridized carbons (Fsp3) is 0.190. The Kier molecular flexibility index (Phi) is 6.23. The topological polar surface area (TPSA) is 101 Å². The summed E-state index contributed by atoms with van der Waals surface area (Å²) in [5.74, 6) is -1.12. The van der Waals surface area contributed by atoms with Crippen molar-refractivity contribution in [2.75, 3.05) is 23.8 Å². The van der Waals surface area contributed by atoms with Crippen LogP contribution in [-0.2, 0) is 21.3 Å². The molecule has 0 saturated heterocycles. The van der Waals surface area contributed by atoms with Gasteiger partial charge in [-0.25, -0.2) is 4.79 Å². The van der Waals surface area contributed by atoms with E-state index in [2.05, 4.69) is 6.58 Å². The van der Waals surface area contributed by atoms with Crippen molar-refractivity contribution in [3.8, 4) is 5.75 Å². The van der Waals surface area contributed by atoms with Crippen molar-refractivity contribution in [2.45, 2.75) is 5.75 Å². The third-order valence-electron chi connectivity index (χ3n) is 4.36. The van der Waals surface area contributed by atoms with E-state index >= 15 is 0 Å². The van der Waals surface area contributed by atoms with Crippen molar-refractivity contribution in [1.82, 2.24) is 0 Å². The molecule has 150 valence electrons. The Bertz CT molecular complexity index is 999. The molecule has 1 amide bonds. The summed E-state index contributed by atoms with van der Waals surface area (Å²) in [6.07, 6.45) is 1.59. The van der Waals surface area contributed by atoms with Crippen molar-refractivity contribution >= 4 is 34.1 Å². The van der Waals surface area contributed by atoms with E-state index in [1.807, 2.05) is 0 Å². The molecule has 0 bridgehead atoms. The summed E-state index contributed by atoms with van der Waals surface area (Å²) in [7, 11) is -1.46. The van der Waals surface area contributed by atoms with Gasteiger partial charge in [0.1, 0.15) is 5.75 Å². The summed E-state index contributed by atoms with van der Waals surface area (Å²) in [4.78, 5) is 37.0. The molecule has 2 aromatic carbocycles. The summed E-state index contributed by atoms with van der Waals surface area (Å²) < 4.78 is 17.8. The van der Waals surface area contributed by atoms with Crippen LogP contribution >= 0.6 is 0 Å². The molecule has 1 N–H and O–H groups in total. The number of carbonyl (C=O) groups is 3. The van der Waals surface area contributed by atoms with Crippen molar-refractivity contribution < 1.29 is 28.4 Å². The molecule has 7 nitrogen and oxygen atoms in total. The molecule has 1 unspecified atom stereocenters. The minimum atomic E-state index is -1.46. The van der Waals surface area contributed by atoms with Crippen LogP contribution in [0.2, 0.25) is 0 Å². The second kappa shape index (κ2) is 8.83. The number of Topliss-reactive ketones (excluding diaryl/α,β-unsaturated/α-hetero) is 1. The SMILES string of the molecule is C=CCN1C(=O)COc2ccc(C(=O)CS(=O)Cc3ccc(C(=O)O)cc3)cc21. The Balaban J connectivity index is 1.70. The number of carbonyl (C=O) groups excluding carboxylic acids is 2. The van der Waals surface area contributed by atoms with Gasteiger partial charge in [0.05, 0.1) is 17.0 Å². The minimum absolute atomic E-state index is 0.0706. The maximum atomic E-state index is 12.6. The third-order valence-corrected chi connectivity index (χ3v) is 5.60. The lowest BCUT2D eigenvalue weighted by Crippen LogP contribution is -2.39. The number of anilines is 1. The van der Waals surface area contributed by atoms with Gasteiger partial charge in [0.15, 0.2) is 12.4 Å². The zero-order chi connectivity index (χ0) is 21.0. The second-order valence-electron chi connectivity index (χ2n) is 6.42. The van der Waals surface area contributed by atoms with Gasteiger partial charge in [-0.15, -0.1) is 6.58 Å². The largest absolute Gasteiger partial charge is 0.482 e. The summed E-state index contributed by atoms with van der Waals surface area (Å²) in [5, 5.41) is 8.91. The number of aromatic carboxylic acids is 1. The Labute approximate surface area is 170 Å². The Morgan fingerprint density at radius 2 is 1.86 bits per heavy atom. The molecule has 29 heavy (non-hydrogen) atoms. The first-order valence-electron chi connectivity index (χ1n) is 8.77. The van der Waals surface area contributed by atoms with Gasteiger partial charge in [-0.2, -0.15) is 0 Å². The Morgan fingerprint density at radius 1 is 1.17 bits per heavy atom. The van der Waals surface area contributed by atoms with Crippen LogP contribution in [0.25, 0.3) is 0 Å². The fourth-order valence-corrected chi connectivity index (χ4v) is 4.04. The van der Waals surface area contributed by atoms with Gasteiger partial charge in [0.2, 0.25) is 0 Å². The summed E-state index contributed by atoms with van der Waals surface area (Å²) in [6.45, 7) is 3.87. The molecule has 1 heterocycles. The van der Waals surface area contributed by atoms with Crippen LogP contribution < -0.4 is 9.64 Å². The molecule has 0 spiro atoms. The first kappa shape index (κ1) is 20.5. The highest BCUT2D eigenvalue weighted by Gasteiger charge is 2.26. The molecule has 1 aliphatic rings. The van der Waals surface area contributed by atoms with E-state index in [9.17, 15) is 18.6 Å². The van der Waals surface area contributed by atoms with Crippen molar-refractivity contribution in [3.63, 3.8) is 0 Å². The van der Waals surface area contributed by atoms with Crippen LogP contribution in [0.4, 0.5) is 5.69 Å². The first-order chi connectivity index (χ1) is 13.9. The lowest BCUT2D eigenvalue weighted by molar-refractivity contribution is -0.121. The number of rotatable bonds is 8. The van der Waals surface area contributed by atoms with E-state index in [4.69, 9.17) is 9.84 Å². The summed E-state index contributed by atoms with van der Waals surface area (Å²) in [6, 6.07) is 10.8. The molecule has 8 heteroatoms. The van der Waals surface area contributed by atoms with Gasteiger partial charge in [-0.1, -0.05) is 18.2 Å². The zero-order valence-corrected chi connectivity index (χ0v) is 16.3. The van der Waals surface area contributed by atoms with E-state index < -0.39 is 16.8 Å². The minimum Gasteiger partial charge on any atom is -0.482 e. The van der Waals surface area contributed by atoms with Gasteiger partial charge >= 0.3 is 5.97 Å². The number of hydrogen-bond donors (Lipinski definition) is 1. The summed E-state index contributed by atoms with van der Waals surface area (Å²) in [5.41, 5.74) is 1.65. The van der Waals surface area contributed by atoms with Gasteiger partial charge in [-0.05, 0) is 35.9 Å². The number of nitrogens with zero attached hydrogens (tertiary/aromatic N) is 1. The van der Waals surface area contributed by atoms with Gasteiger partial charge in [0, 0.05) is 28.7 Å². The van der Waals surface area contributed by atoms with E-state index in [1.54, 1.807) is 36.4 Å². The van der Waals surface area contributed by atoms with Crippen LogP contribution in [0.1, 0.15) is 26.3 Å². The van der Waals surface area contributed by atoms with Gasteiger partial charge in [-0.3, -0.25) is 13.8 Å². The molecule has 0 fully saturated rings. The van der Waals surface area contributed by atoms with E-state index in [0.717, 1.165) is 0 Å². The van der Waals surface area contributed by atoms with Gasteiger partial charge < -0.3 is 14.7 Å². The third kappa shape index (κ3) is 4.78. The van der Waals surface area contributed by atoms with Crippen LogP contribution in [0, 0.1) is 0 Å². The number of ether oxygens (including phenoxy) is 1. The van der Waals surface area contributed by atoms with Crippen molar-refractivity contribution in [3.05, 3.63) is 71.8 Å². The maximum absolute atomic E-state index is 12.6. The molecule has 3 rings (SSSR count). The monoisotopic (exact) mass is 413 g/mol. The molecule has 1 atom stereocenters. The molecule has 0 aromatic heterocycles. The lowest BCUT2D eigenvalue weighted by atomic mass is 10.1. The first-order valence-corrected chi connectivity index (χ1v) is 10.3. The predicted molar refractivity (Wildman–Crippen MR) is 109 cm³/mol. The molecular weight excluding hydrogens is 394 g/mol. The average Bonchev–Trinajstić information content (AvgIpc) is 2.70. The Morgan fingerprint density at radius 3 is 2.52 bits per heavy atom.